The Labute approximate surface area is 116 Å². The highest BCUT2D eigenvalue weighted by molar-refractivity contribution is 5.77. The number of benzene rings is 2. The molecule has 2 N–H and O–H groups in total. The van der Waals surface area contributed by atoms with Crippen molar-refractivity contribution in [3.63, 3.8) is 0 Å². The molecule has 20 heavy (non-hydrogen) atoms. The lowest BCUT2D eigenvalue weighted by molar-refractivity contribution is -0.354. The fourth-order valence-electron chi connectivity index (χ4n) is 1.59. The number of ether oxygens (including phenoxy) is 1. The first-order valence-corrected chi connectivity index (χ1v) is 6.02. The van der Waals surface area contributed by atoms with Crippen LogP contribution in [0.15, 0.2) is 54.6 Å². The van der Waals surface area contributed by atoms with Gasteiger partial charge in [0.2, 0.25) is 5.69 Å². The van der Waals surface area contributed by atoms with Crippen molar-refractivity contribution in [1.29, 1.82) is 0 Å². The Morgan fingerprint density at radius 1 is 1.15 bits per heavy atom. The fourth-order valence-corrected chi connectivity index (χ4v) is 1.59. The number of amides is 1. The summed E-state index contributed by atoms with van der Waals surface area (Å²) in [7, 11) is 0. The smallest absolute Gasteiger partial charge is 0.255 e. The van der Waals surface area contributed by atoms with Crippen LogP contribution in [0.25, 0.3) is 0 Å². The van der Waals surface area contributed by atoms with Gasteiger partial charge >= 0.3 is 0 Å². The second kappa shape index (κ2) is 6.38. The minimum atomic E-state index is -0.532. The molecule has 0 radical (unpaired) electrons. The molecule has 0 aromatic heterocycles. The lowest BCUT2D eigenvalue weighted by Gasteiger charge is -2.04. The van der Waals surface area contributed by atoms with E-state index in [2.05, 4.69) is 0 Å². The molecular weight excluding hydrogens is 256 g/mol. The van der Waals surface area contributed by atoms with Crippen molar-refractivity contribution in [3.05, 3.63) is 65.4 Å². The van der Waals surface area contributed by atoms with Crippen LogP contribution in [0, 0.1) is 5.21 Å². The van der Waals surface area contributed by atoms with Crippen LogP contribution in [-0.4, -0.2) is 23.5 Å². The van der Waals surface area contributed by atoms with Crippen LogP contribution in [-0.2, 0) is 4.79 Å². The quantitative estimate of drug-likeness (QED) is 0.389. The highest BCUT2D eigenvalue weighted by Crippen LogP contribution is 2.13. The molecule has 102 valence electrons. The molecule has 0 atom stereocenters. The molecule has 0 aliphatic rings. The van der Waals surface area contributed by atoms with E-state index >= 15 is 0 Å². The summed E-state index contributed by atoms with van der Waals surface area (Å²) < 4.78 is 5.92. The maximum atomic E-state index is 11.9. The fraction of sp³-hybridized carbons (Fsp3) is 0.0667. The SMILES string of the molecule is NC(=O)COc1ccc(C=[N+]([O-])c2ccccc2)cc1. The van der Waals surface area contributed by atoms with E-state index in [0.29, 0.717) is 11.4 Å². The molecule has 0 bridgehead atoms. The number of nitrogens with zero attached hydrogens (tertiary/aromatic N) is 1. The number of nitrogens with two attached hydrogens (primary N) is 1. The standard InChI is InChI=1S/C15H14N2O3/c16-15(18)11-20-14-8-6-12(7-9-14)10-17(19)13-4-2-1-3-5-13/h1-10H,11H2,(H2,16,18). The van der Waals surface area contributed by atoms with Gasteiger partial charge in [0.05, 0.1) is 0 Å². The van der Waals surface area contributed by atoms with E-state index in [1.165, 1.54) is 6.21 Å². The molecule has 1 amide bonds. The Hall–Kier alpha value is -2.82. The van der Waals surface area contributed by atoms with Crippen LogP contribution >= 0.6 is 0 Å². The number of carbonyl (C=O) groups is 1. The normalized spacial score (nSPS) is 11.1. The van der Waals surface area contributed by atoms with Gasteiger partial charge in [0, 0.05) is 17.7 Å². The van der Waals surface area contributed by atoms with Crippen molar-refractivity contribution in [2.75, 3.05) is 6.61 Å². The van der Waals surface area contributed by atoms with E-state index in [-0.39, 0.29) is 6.61 Å². The van der Waals surface area contributed by atoms with Gasteiger partial charge in [-0.3, -0.25) is 4.79 Å². The van der Waals surface area contributed by atoms with Crippen LogP contribution in [0.4, 0.5) is 5.69 Å². The Morgan fingerprint density at radius 3 is 2.40 bits per heavy atom. The average molecular weight is 270 g/mol. The van der Waals surface area contributed by atoms with Crippen molar-refractivity contribution >= 4 is 17.8 Å². The molecule has 0 aliphatic heterocycles. The van der Waals surface area contributed by atoms with Gasteiger partial charge in [-0.15, -0.1) is 0 Å². The zero-order chi connectivity index (χ0) is 14.4. The summed E-state index contributed by atoms with van der Waals surface area (Å²) >= 11 is 0. The number of hydrogen-bond donors (Lipinski definition) is 1. The van der Waals surface area contributed by atoms with E-state index < -0.39 is 5.91 Å². The molecule has 5 heteroatoms. The molecule has 0 saturated heterocycles. The molecule has 0 unspecified atom stereocenters. The van der Waals surface area contributed by atoms with Crippen molar-refractivity contribution in [2.24, 2.45) is 5.73 Å². The zero-order valence-corrected chi connectivity index (χ0v) is 10.7. The number of para-hydroxylation sites is 1. The summed E-state index contributed by atoms with van der Waals surface area (Å²) in [5.41, 5.74) is 6.27. The third kappa shape index (κ3) is 3.84. The van der Waals surface area contributed by atoms with Gasteiger partial charge in [0.25, 0.3) is 5.91 Å². The Balaban J connectivity index is 2.08. The van der Waals surface area contributed by atoms with Gasteiger partial charge < -0.3 is 15.7 Å². The maximum absolute atomic E-state index is 11.9. The third-order valence-corrected chi connectivity index (χ3v) is 2.54. The van der Waals surface area contributed by atoms with Crippen LogP contribution in [0.5, 0.6) is 5.75 Å². The summed E-state index contributed by atoms with van der Waals surface area (Å²) in [5.74, 6) is -0.00596. The van der Waals surface area contributed by atoms with E-state index in [4.69, 9.17) is 10.5 Å². The number of primary amides is 1. The van der Waals surface area contributed by atoms with Gasteiger partial charge in [0.1, 0.15) is 5.75 Å². The second-order valence-corrected chi connectivity index (χ2v) is 4.11. The van der Waals surface area contributed by atoms with E-state index in [9.17, 15) is 10.0 Å². The second-order valence-electron chi connectivity index (χ2n) is 4.11. The third-order valence-electron chi connectivity index (χ3n) is 2.54. The van der Waals surface area contributed by atoms with Crippen molar-refractivity contribution in [2.45, 2.75) is 0 Å². The van der Waals surface area contributed by atoms with E-state index in [1.807, 2.05) is 6.07 Å². The maximum Gasteiger partial charge on any atom is 0.255 e. The largest absolute Gasteiger partial charge is 0.618 e. The molecule has 2 aromatic rings. The van der Waals surface area contributed by atoms with Crippen LogP contribution in [0.3, 0.4) is 0 Å². The van der Waals surface area contributed by atoms with Crippen molar-refractivity contribution < 1.29 is 14.3 Å². The van der Waals surface area contributed by atoms with Gasteiger partial charge in [0.15, 0.2) is 12.8 Å². The average Bonchev–Trinajstić information content (AvgIpc) is 2.47. The lowest BCUT2D eigenvalue weighted by Crippen LogP contribution is -2.19. The minimum absolute atomic E-state index is 0.166. The summed E-state index contributed by atoms with van der Waals surface area (Å²) in [6.45, 7) is -0.166. The van der Waals surface area contributed by atoms with E-state index in [0.717, 1.165) is 10.3 Å². The molecule has 2 rings (SSSR count). The number of rotatable bonds is 5. The van der Waals surface area contributed by atoms with Crippen LogP contribution < -0.4 is 10.5 Å². The predicted octanol–water partition coefficient (Wildman–Crippen LogP) is 1.81. The first kappa shape index (κ1) is 13.6. The van der Waals surface area contributed by atoms with Crippen LogP contribution in [0.1, 0.15) is 5.56 Å². The Kier molecular flexibility index (Phi) is 4.34. The highest BCUT2D eigenvalue weighted by atomic mass is 16.5. The summed E-state index contributed by atoms with van der Waals surface area (Å²) in [6, 6.07) is 15.7. The van der Waals surface area contributed by atoms with Crippen molar-refractivity contribution in [3.8, 4) is 5.75 Å². The summed E-state index contributed by atoms with van der Waals surface area (Å²) in [5, 5.41) is 11.9. The zero-order valence-electron chi connectivity index (χ0n) is 10.7. The number of carbonyl (C=O) groups excluding carboxylic acids is 1. The monoisotopic (exact) mass is 270 g/mol. The molecule has 0 saturated carbocycles. The molecule has 0 spiro atoms. The highest BCUT2D eigenvalue weighted by Gasteiger charge is 2.01. The molecule has 0 heterocycles. The number of hydrogen-bond acceptors (Lipinski definition) is 3. The molecule has 2 aromatic carbocycles. The Morgan fingerprint density at radius 2 is 1.80 bits per heavy atom. The first-order chi connectivity index (χ1) is 9.65. The molecule has 0 aliphatic carbocycles. The van der Waals surface area contributed by atoms with Gasteiger partial charge in [-0.1, -0.05) is 18.2 Å². The predicted molar refractivity (Wildman–Crippen MR) is 76.0 cm³/mol. The molecule has 0 fully saturated rings. The summed E-state index contributed by atoms with van der Waals surface area (Å²) in [4.78, 5) is 10.6. The lowest BCUT2D eigenvalue weighted by atomic mass is 10.2. The van der Waals surface area contributed by atoms with Gasteiger partial charge in [-0.05, 0) is 24.3 Å². The molecular formula is C15H14N2O3. The van der Waals surface area contributed by atoms with E-state index in [1.54, 1.807) is 48.5 Å². The Bertz CT molecular complexity index is 607. The van der Waals surface area contributed by atoms with Crippen LogP contribution in [0.2, 0.25) is 0 Å². The summed E-state index contributed by atoms with van der Waals surface area (Å²) in [6.07, 6.45) is 1.47. The van der Waals surface area contributed by atoms with Gasteiger partial charge in [-0.25, -0.2) is 0 Å². The molecule has 5 nitrogen and oxygen atoms in total. The minimum Gasteiger partial charge on any atom is -0.618 e. The topological polar surface area (TPSA) is 78.4 Å². The first-order valence-electron chi connectivity index (χ1n) is 6.02. The van der Waals surface area contributed by atoms with Gasteiger partial charge in [-0.2, -0.15) is 4.74 Å². The van der Waals surface area contributed by atoms with Crippen molar-refractivity contribution in [1.82, 2.24) is 0 Å².